The summed E-state index contributed by atoms with van der Waals surface area (Å²) < 4.78 is 10.8. The van der Waals surface area contributed by atoms with Crippen LogP contribution in [0.5, 0.6) is 11.5 Å². The molecule has 1 unspecified atom stereocenters. The highest BCUT2D eigenvalue weighted by Gasteiger charge is 2.11. The van der Waals surface area contributed by atoms with Gasteiger partial charge < -0.3 is 20.5 Å². The first-order valence-corrected chi connectivity index (χ1v) is 7.03. The van der Waals surface area contributed by atoms with Crippen LogP contribution in [0, 0.1) is 0 Å². The highest BCUT2D eigenvalue weighted by atomic mass is 16.5. The van der Waals surface area contributed by atoms with Crippen LogP contribution in [0.25, 0.3) is 0 Å². The molecule has 0 bridgehead atoms. The molecule has 0 radical (unpaired) electrons. The average Bonchev–Trinajstić information content (AvgIpc) is 2.51. The quantitative estimate of drug-likeness (QED) is 0.679. The fourth-order valence-electron chi connectivity index (χ4n) is 1.77. The van der Waals surface area contributed by atoms with E-state index >= 15 is 0 Å². The molecule has 0 aromatic heterocycles. The molecule has 21 heavy (non-hydrogen) atoms. The predicted molar refractivity (Wildman–Crippen MR) is 83.7 cm³/mol. The van der Waals surface area contributed by atoms with E-state index in [0.717, 1.165) is 12.0 Å². The van der Waals surface area contributed by atoms with Gasteiger partial charge in [-0.3, -0.25) is 4.79 Å². The molecule has 1 aromatic carbocycles. The number of hydrogen-bond acceptors (Lipinski definition) is 4. The summed E-state index contributed by atoms with van der Waals surface area (Å²) in [6.07, 6.45) is 3.20. The van der Waals surface area contributed by atoms with E-state index in [4.69, 9.17) is 15.2 Å². The zero-order valence-electron chi connectivity index (χ0n) is 12.7. The van der Waals surface area contributed by atoms with Crippen molar-refractivity contribution in [2.75, 3.05) is 20.3 Å². The maximum absolute atomic E-state index is 11.6. The molecule has 1 rings (SSSR count). The molecule has 0 saturated heterocycles. The van der Waals surface area contributed by atoms with E-state index in [2.05, 4.69) is 11.9 Å². The lowest BCUT2D eigenvalue weighted by Gasteiger charge is -2.15. The minimum Gasteiger partial charge on any atom is -0.497 e. The normalized spacial score (nSPS) is 11.6. The van der Waals surface area contributed by atoms with Gasteiger partial charge in [0, 0.05) is 18.7 Å². The van der Waals surface area contributed by atoms with Crippen molar-refractivity contribution in [1.82, 2.24) is 5.32 Å². The van der Waals surface area contributed by atoms with Crippen molar-refractivity contribution in [3.63, 3.8) is 0 Å². The van der Waals surface area contributed by atoms with Crippen molar-refractivity contribution in [2.45, 2.75) is 25.8 Å². The van der Waals surface area contributed by atoms with Crippen molar-refractivity contribution in [1.29, 1.82) is 0 Å². The van der Waals surface area contributed by atoms with Crippen molar-refractivity contribution < 1.29 is 14.3 Å². The smallest absolute Gasteiger partial charge is 0.258 e. The summed E-state index contributed by atoms with van der Waals surface area (Å²) >= 11 is 0. The molecule has 1 amide bonds. The topological polar surface area (TPSA) is 73.6 Å². The number of nitrogens with one attached hydrogen (secondary N) is 1. The van der Waals surface area contributed by atoms with Gasteiger partial charge in [0.15, 0.2) is 6.61 Å². The molecule has 0 heterocycles. The highest BCUT2D eigenvalue weighted by molar-refractivity contribution is 5.77. The number of benzene rings is 1. The number of amides is 1. The van der Waals surface area contributed by atoms with Crippen molar-refractivity contribution in [3.8, 4) is 11.5 Å². The summed E-state index contributed by atoms with van der Waals surface area (Å²) in [5.74, 6) is 1.13. The molecular formula is C16H24N2O3. The summed E-state index contributed by atoms with van der Waals surface area (Å²) in [5, 5.41) is 2.66. The Labute approximate surface area is 126 Å². The lowest BCUT2D eigenvalue weighted by atomic mass is 10.0. The predicted octanol–water partition coefficient (Wildman–Crippen LogP) is 1.66. The zero-order chi connectivity index (χ0) is 15.7. The Bertz CT molecular complexity index is 475. The third-order valence-corrected chi connectivity index (χ3v) is 3.08. The monoisotopic (exact) mass is 292 g/mol. The van der Waals surface area contributed by atoms with E-state index in [1.165, 1.54) is 0 Å². The number of ether oxygens (including phenoxy) is 2. The fraction of sp³-hybridized carbons (Fsp3) is 0.438. The van der Waals surface area contributed by atoms with Gasteiger partial charge in [0.05, 0.1) is 7.11 Å². The molecule has 5 nitrogen and oxygen atoms in total. The molecule has 0 spiro atoms. The summed E-state index contributed by atoms with van der Waals surface area (Å²) in [5.41, 5.74) is 6.96. The van der Waals surface area contributed by atoms with Crippen molar-refractivity contribution in [2.24, 2.45) is 5.73 Å². The number of hydrogen-bond donors (Lipinski definition) is 2. The maximum atomic E-state index is 11.6. The second-order valence-electron chi connectivity index (χ2n) is 4.73. The molecule has 116 valence electrons. The summed E-state index contributed by atoms with van der Waals surface area (Å²) in [6.45, 7) is 5.96. The first-order chi connectivity index (χ1) is 10.1. The Morgan fingerprint density at radius 2 is 2.29 bits per heavy atom. The maximum Gasteiger partial charge on any atom is 0.258 e. The first-order valence-electron chi connectivity index (χ1n) is 7.03. The van der Waals surface area contributed by atoms with Crippen molar-refractivity contribution in [3.05, 3.63) is 36.4 Å². The Kier molecular flexibility index (Phi) is 7.32. The molecular weight excluding hydrogens is 268 g/mol. The Morgan fingerprint density at radius 1 is 1.52 bits per heavy atom. The Balaban J connectivity index is 2.76. The van der Waals surface area contributed by atoms with Gasteiger partial charge in [0.25, 0.3) is 5.91 Å². The van der Waals surface area contributed by atoms with E-state index in [1.54, 1.807) is 19.3 Å². The number of carbonyl (C=O) groups is 1. The zero-order valence-corrected chi connectivity index (χ0v) is 12.7. The van der Waals surface area contributed by atoms with Crippen LogP contribution >= 0.6 is 0 Å². The molecule has 1 atom stereocenters. The van der Waals surface area contributed by atoms with Crippen LogP contribution in [0.1, 0.15) is 18.9 Å². The molecule has 0 aliphatic heterocycles. The molecule has 0 aliphatic carbocycles. The number of methoxy groups -OCH3 is 1. The lowest BCUT2D eigenvalue weighted by Crippen LogP contribution is -2.29. The third-order valence-electron chi connectivity index (χ3n) is 3.08. The number of rotatable bonds is 9. The van der Waals surface area contributed by atoms with Crippen LogP contribution < -0.4 is 20.5 Å². The SMILES string of the molecule is C=CCNC(=O)COc1cc(OC)ccc1CC(N)CC. The van der Waals surface area contributed by atoms with Crippen LogP contribution in [0.2, 0.25) is 0 Å². The Hall–Kier alpha value is -2.01. The van der Waals surface area contributed by atoms with Gasteiger partial charge in [-0.15, -0.1) is 6.58 Å². The minimum absolute atomic E-state index is 0.0463. The largest absolute Gasteiger partial charge is 0.497 e. The minimum atomic E-state index is -0.191. The van der Waals surface area contributed by atoms with Crippen LogP contribution in [-0.4, -0.2) is 32.2 Å². The van der Waals surface area contributed by atoms with Gasteiger partial charge in [0.1, 0.15) is 11.5 Å². The standard InChI is InChI=1S/C16H24N2O3/c1-4-8-18-16(19)11-21-15-10-14(20-3)7-6-12(15)9-13(17)5-2/h4,6-7,10,13H,1,5,8-9,11,17H2,2-3H3,(H,18,19). The summed E-state index contributed by atoms with van der Waals surface area (Å²) in [4.78, 5) is 11.6. The molecule has 0 aliphatic rings. The van der Waals surface area contributed by atoms with Gasteiger partial charge in [-0.25, -0.2) is 0 Å². The molecule has 1 aromatic rings. The summed E-state index contributed by atoms with van der Waals surface area (Å²) in [6, 6.07) is 5.63. The van der Waals surface area contributed by atoms with Crippen LogP contribution in [0.15, 0.2) is 30.9 Å². The summed E-state index contributed by atoms with van der Waals surface area (Å²) in [7, 11) is 1.59. The van der Waals surface area contributed by atoms with Gasteiger partial charge in [-0.1, -0.05) is 19.1 Å². The van der Waals surface area contributed by atoms with Crippen LogP contribution in [0.4, 0.5) is 0 Å². The lowest BCUT2D eigenvalue weighted by molar-refractivity contribution is -0.122. The van der Waals surface area contributed by atoms with Gasteiger partial charge >= 0.3 is 0 Å². The average molecular weight is 292 g/mol. The highest BCUT2D eigenvalue weighted by Crippen LogP contribution is 2.26. The second-order valence-corrected chi connectivity index (χ2v) is 4.73. The third kappa shape index (κ3) is 5.87. The number of nitrogens with two attached hydrogens (primary N) is 1. The first kappa shape index (κ1) is 17.0. The van der Waals surface area contributed by atoms with Gasteiger partial charge in [-0.2, -0.15) is 0 Å². The van der Waals surface area contributed by atoms with E-state index < -0.39 is 0 Å². The van der Waals surface area contributed by atoms with Crippen LogP contribution in [-0.2, 0) is 11.2 Å². The second kappa shape index (κ2) is 9.02. The van der Waals surface area contributed by atoms with E-state index in [-0.39, 0.29) is 18.6 Å². The fourth-order valence-corrected chi connectivity index (χ4v) is 1.77. The van der Waals surface area contributed by atoms with Crippen molar-refractivity contribution >= 4 is 5.91 Å². The Morgan fingerprint density at radius 3 is 2.90 bits per heavy atom. The van der Waals surface area contributed by atoms with Gasteiger partial charge in [0.2, 0.25) is 0 Å². The van der Waals surface area contributed by atoms with Crippen LogP contribution in [0.3, 0.4) is 0 Å². The van der Waals surface area contributed by atoms with E-state index in [0.29, 0.717) is 24.5 Å². The molecule has 5 heteroatoms. The van der Waals surface area contributed by atoms with E-state index in [1.807, 2.05) is 19.1 Å². The van der Waals surface area contributed by atoms with Gasteiger partial charge in [-0.05, 0) is 24.5 Å². The molecule has 3 N–H and O–H groups in total. The molecule has 0 saturated carbocycles. The van der Waals surface area contributed by atoms with E-state index in [9.17, 15) is 4.79 Å². The number of carbonyl (C=O) groups excluding carboxylic acids is 1. The molecule has 0 fully saturated rings.